The third kappa shape index (κ3) is 2.04. The third-order valence-electron chi connectivity index (χ3n) is 8.66. The van der Waals surface area contributed by atoms with Gasteiger partial charge in [0.05, 0.1) is 16.5 Å². The molecular weight excluding hydrogens is 359 g/mol. The average molecular weight is 389 g/mol. The number of alkyl halides is 2. The zero-order chi connectivity index (χ0) is 16.6. The minimum absolute atomic E-state index is 0.00224. The Kier molecular flexibility index (Phi) is 3.77. The molecule has 0 saturated heterocycles. The molecule has 23 heavy (non-hydrogen) atoms. The van der Waals surface area contributed by atoms with Crippen molar-refractivity contribution in [2.45, 2.75) is 87.9 Å². The summed E-state index contributed by atoms with van der Waals surface area (Å²) >= 11 is 3.81. The van der Waals surface area contributed by atoms with E-state index in [4.69, 9.17) is 0 Å². The Morgan fingerprint density at radius 1 is 1.00 bits per heavy atom. The molecule has 0 heterocycles. The Balaban J connectivity index is 1.71. The largest absolute Gasteiger partial charge is 0.393 e. The highest BCUT2D eigenvalue weighted by Gasteiger charge is 2.67. The second kappa shape index (κ2) is 5.17. The van der Waals surface area contributed by atoms with E-state index >= 15 is 4.39 Å². The van der Waals surface area contributed by atoms with Crippen LogP contribution in [0, 0.1) is 28.6 Å². The lowest BCUT2D eigenvalue weighted by Crippen LogP contribution is -2.64. The SMILES string of the molecule is C[C@]12CC[C@H]3[C@@H](C[C@@H](F)[C@@]4(Br)C[C@@H](O)CC[C@]34C)[C@@H]1CC[C@@H]2O. The first-order valence-electron chi connectivity index (χ1n) is 9.41. The summed E-state index contributed by atoms with van der Waals surface area (Å²) in [6.45, 7) is 4.51. The fourth-order valence-corrected chi connectivity index (χ4v) is 8.19. The molecule has 4 fully saturated rings. The first kappa shape index (κ1) is 16.8. The van der Waals surface area contributed by atoms with E-state index in [9.17, 15) is 10.2 Å². The van der Waals surface area contributed by atoms with Crippen LogP contribution in [0.1, 0.15) is 65.2 Å². The van der Waals surface area contributed by atoms with Gasteiger partial charge in [-0.25, -0.2) is 4.39 Å². The summed E-state index contributed by atoms with van der Waals surface area (Å²) in [5.74, 6) is 1.38. The molecule has 0 radical (unpaired) electrons. The summed E-state index contributed by atoms with van der Waals surface area (Å²) in [5, 5.41) is 20.6. The normalized spacial score (nSPS) is 62.3. The summed E-state index contributed by atoms with van der Waals surface area (Å²) in [7, 11) is 0. The van der Waals surface area contributed by atoms with E-state index in [0.717, 1.165) is 38.5 Å². The van der Waals surface area contributed by atoms with Crippen molar-refractivity contribution < 1.29 is 14.6 Å². The molecule has 2 N–H and O–H groups in total. The van der Waals surface area contributed by atoms with Gasteiger partial charge in [0.1, 0.15) is 6.17 Å². The van der Waals surface area contributed by atoms with Crippen LogP contribution in [0.3, 0.4) is 0 Å². The summed E-state index contributed by atoms with van der Waals surface area (Å²) < 4.78 is 14.8. The summed E-state index contributed by atoms with van der Waals surface area (Å²) in [6, 6.07) is 0. The van der Waals surface area contributed by atoms with Crippen LogP contribution in [-0.2, 0) is 0 Å². The second-order valence-corrected chi connectivity index (χ2v) is 10.8. The fraction of sp³-hybridized carbons (Fsp3) is 1.00. The number of aliphatic hydroxyl groups is 2. The fourth-order valence-electron chi connectivity index (χ4n) is 7.14. The minimum Gasteiger partial charge on any atom is -0.393 e. The lowest BCUT2D eigenvalue weighted by molar-refractivity contribution is -0.142. The number of rotatable bonds is 0. The van der Waals surface area contributed by atoms with Crippen molar-refractivity contribution in [2.75, 3.05) is 0 Å². The van der Waals surface area contributed by atoms with Gasteiger partial charge in [0, 0.05) is 0 Å². The Bertz CT molecular complexity index is 502. The lowest BCUT2D eigenvalue weighted by Gasteiger charge is -2.64. The molecular formula is C19H30BrFO2. The third-order valence-corrected chi connectivity index (χ3v) is 10.4. The Hall–Kier alpha value is 0.330. The van der Waals surface area contributed by atoms with Gasteiger partial charge >= 0.3 is 0 Å². The van der Waals surface area contributed by atoms with E-state index in [1.807, 2.05) is 0 Å². The van der Waals surface area contributed by atoms with E-state index < -0.39 is 10.5 Å². The zero-order valence-electron chi connectivity index (χ0n) is 14.3. The topological polar surface area (TPSA) is 40.5 Å². The van der Waals surface area contributed by atoms with Crippen molar-refractivity contribution in [3.63, 3.8) is 0 Å². The molecule has 0 aromatic carbocycles. The highest BCUT2D eigenvalue weighted by atomic mass is 79.9. The average Bonchev–Trinajstić information content (AvgIpc) is 2.79. The quantitative estimate of drug-likeness (QED) is 0.609. The number of fused-ring (bicyclic) bond motifs is 5. The van der Waals surface area contributed by atoms with Crippen molar-refractivity contribution in [1.82, 2.24) is 0 Å². The predicted octanol–water partition coefficient (Wildman–Crippen LogP) is 4.22. The first-order chi connectivity index (χ1) is 10.7. The van der Waals surface area contributed by atoms with Crippen molar-refractivity contribution in [2.24, 2.45) is 28.6 Å². The van der Waals surface area contributed by atoms with Crippen molar-refractivity contribution in [3.05, 3.63) is 0 Å². The molecule has 4 aliphatic carbocycles. The molecule has 0 amide bonds. The maximum absolute atomic E-state index is 15.4. The molecule has 0 spiro atoms. The molecule has 0 aromatic rings. The Labute approximate surface area is 147 Å². The first-order valence-corrected chi connectivity index (χ1v) is 10.2. The van der Waals surface area contributed by atoms with E-state index in [1.54, 1.807) is 0 Å². The Morgan fingerprint density at radius 3 is 2.48 bits per heavy atom. The number of halogens is 2. The van der Waals surface area contributed by atoms with Crippen molar-refractivity contribution in [1.29, 1.82) is 0 Å². The summed E-state index contributed by atoms with van der Waals surface area (Å²) in [6.07, 6.45) is 5.47. The molecule has 0 aliphatic heterocycles. The van der Waals surface area contributed by atoms with Crippen LogP contribution in [-0.4, -0.2) is 32.9 Å². The highest BCUT2D eigenvalue weighted by molar-refractivity contribution is 9.10. The van der Waals surface area contributed by atoms with Gasteiger partial charge in [0.25, 0.3) is 0 Å². The minimum atomic E-state index is -0.899. The van der Waals surface area contributed by atoms with Gasteiger partial charge in [0.15, 0.2) is 0 Å². The maximum atomic E-state index is 15.4. The number of hydrogen-bond donors (Lipinski definition) is 2. The van der Waals surface area contributed by atoms with Crippen LogP contribution in [0.4, 0.5) is 4.39 Å². The van der Waals surface area contributed by atoms with Gasteiger partial charge in [0.2, 0.25) is 0 Å². The molecule has 4 heteroatoms. The predicted molar refractivity (Wildman–Crippen MR) is 92.2 cm³/mol. The number of aliphatic hydroxyl groups excluding tert-OH is 2. The molecule has 0 unspecified atom stereocenters. The maximum Gasteiger partial charge on any atom is 0.116 e. The van der Waals surface area contributed by atoms with Crippen LogP contribution in [0.5, 0.6) is 0 Å². The van der Waals surface area contributed by atoms with Gasteiger partial charge in [-0.2, -0.15) is 0 Å². The van der Waals surface area contributed by atoms with Crippen LogP contribution < -0.4 is 0 Å². The van der Waals surface area contributed by atoms with Crippen molar-refractivity contribution >= 4 is 15.9 Å². The van der Waals surface area contributed by atoms with Crippen LogP contribution in [0.15, 0.2) is 0 Å². The lowest BCUT2D eigenvalue weighted by atomic mass is 9.44. The van der Waals surface area contributed by atoms with Gasteiger partial charge in [-0.05, 0) is 80.0 Å². The van der Waals surface area contributed by atoms with E-state index in [1.165, 1.54) is 0 Å². The van der Waals surface area contributed by atoms with Gasteiger partial charge in [-0.1, -0.05) is 29.8 Å². The molecule has 132 valence electrons. The molecule has 4 rings (SSSR count). The molecule has 0 aromatic heterocycles. The standard InChI is InChI=1S/C19H30BrFO2/c1-17-7-6-14-12(13(17)3-4-16(17)23)9-15(21)19(20)10-11(22)5-8-18(14,19)2/h11-16,22-23H,3-10H2,1-2H3/t11-,12-,13-,14-,15+,16-,17-,18+,19-/m0/s1. The van der Waals surface area contributed by atoms with E-state index in [0.29, 0.717) is 30.6 Å². The van der Waals surface area contributed by atoms with E-state index in [-0.39, 0.29) is 23.0 Å². The molecule has 0 bridgehead atoms. The monoisotopic (exact) mass is 388 g/mol. The summed E-state index contributed by atoms with van der Waals surface area (Å²) in [5.41, 5.74) is -0.0822. The van der Waals surface area contributed by atoms with E-state index in [2.05, 4.69) is 29.8 Å². The Morgan fingerprint density at radius 2 is 1.74 bits per heavy atom. The zero-order valence-corrected chi connectivity index (χ0v) is 15.9. The molecule has 4 aliphatic rings. The molecule has 9 atom stereocenters. The number of hydrogen-bond acceptors (Lipinski definition) is 2. The van der Waals surface area contributed by atoms with Crippen LogP contribution in [0.2, 0.25) is 0 Å². The van der Waals surface area contributed by atoms with Crippen LogP contribution in [0.25, 0.3) is 0 Å². The van der Waals surface area contributed by atoms with Crippen LogP contribution >= 0.6 is 15.9 Å². The molecule has 2 nitrogen and oxygen atoms in total. The van der Waals surface area contributed by atoms with Gasteiger partial charge in [-0.15, -0.1) is 0 Å². The smallest absolute Gasteiger partial charge is 0.116 e. The molecule has 4 saturated carbocycles. The highest BCUT2D eigenvalue weighted by Crippen LogP contribution is 2.69. The van der Waals surface area contributed by atoms with Gasteiger partial charge in [-0.3, -0.25) is 0 Å². The summed E-state index contributed by atoms with van der Waals surface area (Å²) in [4.78, 5) is 0. The second-order valence-electron chi connectivity index (χ2n) is 9.39. The van der Waals surface area contributed by atoms with Crippen molar-refractivity contribution in [3.8, 4) is 0 Å². The van der Waals surface area contributed by atoms with Gasteiger partial charge < -0.3 is 10.2 Å².